The van der Waals surface area contributed by atoms with Crippen molar-refractivity contribution in [2.45, 2.75) is 154 Å². The Morgan fingerprint density at radius 3 is 1.45 bits per heavy atom. The van der Waals surface area contributed by atoms with Crippen LogP contribution in [-0.4, -0.2) is 171 Å². The van der Waals surface area contributed by atoms with Gasteiger partial charge in [0, 0.05) is 103 Å². The zero-order valence-corrected chi connectivity index (χ0v) is 56.0. The highest BCUT2D eigenvalue weighted by molar-refractivity contribution is 7.71. The van der Waals surface area contributed by atoms with E-state index in [1.54, 1.807) is 88.7 Å². The van der Waals surface area contributed by atoms with Crippen molar-refractivity contribution < 1.29 is 62.3 Å². The first kappa shape index (κ1) is 81.0. The first-order valence-corrected chi connectivity index (χ1v) is 29.6. The number of tetrazole rings is 2. The Kier molecular flexibility index (Phi) is 39.5. The molecule has 0 aliphatic heterocycles. The number of ether oxygens (including phenoxy) is 6. The van der Waals surface area contributed by atoms with Gasteiger partial charge in [0.15, 0.2) is 5.82 Å². The molecule has 0 aliphatic rings. The molecule has 0 saturated heterocycles. The van der Waals surface area contributed by atoms with E-state index in [9.17, 15) is 38.7 Å². The maximum absolute atomic E-state index is 11.1. The van der Waals surface area contributed by atoms with E-state index in [4.69, 9.17) is 40.6 Å². The average molecular weight is 1320 g/mol. The molecule has 0 aromatic carbocycles. The Morgan fingerprint density at radius 2 is 1.05 bits per heavy atom. The highest BCUT2D eigenvalue weighted by Crippen LogP contribution is 2.04. The van der Waals surface area contributed by atoms with Crippen molar-refractivity contribution in [1.82, 2.24) is 84.5 Å². The summed E-state index contributed by atoms with van der Waals surface area (Å²) >= 11 is 4.89. The van der Waals surface area contributed by atoms with E-state index in [0.29, 0.717) is 129 Å². The second kappa shape index (κ2) is 45.3. The summed E-state index contributed by atoms with van der Waals surface area (Å²) in [5, 5.41) is 39.1. The Balaban J connectivity index is 0.000000558. The lowest BCUT2D eigenvalue weighted by molar-refractivity contribution is -0.142. The van der Waals surface area contributed by atoms with Crippen molar-refractivity contribution in [3.63, 3.8) is 0 Å². The van der Waals surface area contributed by atoms with Gasteiger partial charge in [0.05, 0.1) is 52.5 Å². The lowest BCUT2D eigenvalue weighted by Gasteiger charge is -2.11. The van der Waals surface area contributed by atoms with E-state index in [-0.39, 0.29) is 42.0 Å². The molecule has 0 amide bonds. The monoisotopic (exact) mass is 1320 g/mol. The molecule has 3 N–H and O–H groups in total. The third-order valence-electron chi connectivity index (χ3n) is 11.3. The first-order valence-electron chi connectivity index (χ1n) is 29.2. The molecule has 6 rings (SSSR count). The number of esters is 6. The molecule has 508 valence electrons. The van der Waals surface area contributed by atoms with Crippen LogP contribution < -0.4 is 5.56 Å². The minimum absolute atomic E-state index is 0.0378. The quantitative estimate of drug-likeness (QED) is 0.0154. The molecule has 93 heavy (non-hydrogen) atoms. The highest BCUT2D eigenvalue weighted by atomic mass is 32.1. The molecule has 0 bridgehead atoms. The number of pyridine rings is 1. The molecule has 6 aromatic heterocycles. The number of aromatic nitrogens is 17. The topological polar surface area (TPSA) is 380 Å². The van der Waals surface area contributed by atoms with Gasteiger partial charge in [0.25, 0.3) is 0 Å². The molecule has 0 aliphatic carbocycles. The fraction of sp³-hybridized carbons (Fsp3) is 0.475. The highest BCUT2D eigenvalue weighted by Gasteiger charge is 2.11. The third-order valence-corrected chi connectivity index (χ3v) is 11.5. The van der Waals surface area contributed by atoms with Crippen LogP contribution in [0, 0.1) is 39.4 Å². The molecule has 0 radical (unpaired) electrons. The van der Waals surface area contributed by atoms with Crippen LogP contribution in [0.1, 0.15) is 108 Å². The molecule has 0 fully saturated rings. The van der Waals surface area contributed by atoms with Gasteiger partial charge in [0.2, 0.25) is 10.3 Å². The number of H-pyrrole nitrogens is 2. The summed E-state index contributed by atoms with van der Waals surface area (Å²) in [7, 11) is 0. The number of aliphatic hydroxyl groups excluding tert-OH is 1. The maximum atomic E-state index is 11.1. The molecule has 6 aromatic rings. The van der Waals surface area contributed by atoms with Gasteiger partial charge in [-0.05, 0) is 122 Å². The fourth-order valence-electron chi connectivity index (χ4n) is 6.45. The molecule has 0 saturated carbocycles. The molecule has 1 atom stereocenters. The Morgan fingerprint density at radius 1 is 0.570 bits per heavy atom. The van der Waals surface area contributed by atoms with Crippen molar-refractivity contribution in [3.05, 3.63) is 160 Å². The summed E-state index contributed by atoms with van der Waals surface area (Å²) in [5.41, 5.74) is 3.29. The van der Waals surface area contributed by atoms with Gasteiger partial charge in [-0.2, -0.15) is 9.90 Å². The van der Waals surface area contributed by atoms with Crippen molar-refractivity contribution >= 4 is 48.0 Å². The van der Waals surface area contributed by atoms with Crippen LogP contribution in [0.3, 0.4) is 0 Å². The van der Waals surface area contributed by atoms with Gasteiger partial charge < -0.3 is 43.1 Å². The zero-order valence-electron chi connectivity index (χ0n) is 55.2. The standard InChI is InChI=1S/C12H15NO3.C11H17N3O2.C10H15N3O2S.C10H14N2O3.2C9H14N4O2/c1-9(2)12(15)16-7-3-4-10-5-6-11(14)13-8-10;1-8(2)11(15)16-7-5-6-14-10(4)12-9(3)13-14;1-7(2)9(14)15-6-4-5-13-8(3)11-10(16)12-13;1-8(2)10(14)15-6-9(13)5-12-4-3-11-7-12;1-7(2)9(14)15-6-4-5-13-8(3)10-11-12-13;1-7(2)9(14)15-6-4-5-13-11-8(3)10-12-13/h5-6,8H,1,3-4,7H2,2H3,(H,13,14);1,5-7H2,2-4H3;1,4-6H2,2-3H3,(H,12,16);3-4,7,9,13H,1,5-6H2,2H3;2*1,4-6H2,2-3H3. The Bertz CT molecular complexity index is 3480. The largest absolute Gasteiger partial charge is 0.462 e. The Hall–Kier alpha value is -9.98. The number of aromatic amines is 2. The number of hydrogen-bond acceptors (Lipinski definition) is 25. The van der Waals surface area contributed by atoms with Crippen molar-refractivity contribution in [2.75, 3.05) is 39.6 Å². The molecular weight excluding hydrogens is 1230 g/mol. The summed E-state index contributed by atoms with van der Waals surface area (Å²) in [5.74, 6) is 1.59. The Labute approximate surface area is 545 Å². The van der Waals surface area contributed by atoms with Gasteiger partial charge in [0.1, 0.15) is 36.0 Å². The number of rotatable bonds is 30. The van der Waals surface area contributed by atoms with Gasteiger partial charge in [-0.25, -0.2) is 53.1 Å². The molecule has 32 heteroatoms. The smallest absolute Gasteiger partial charge is 0.333 e. The van der Waals surface area contributed by atoms with Crippen LogP contribution in [0.4, 0.5) is 0 Å². The van der Waals surface area contributed by atoms with Gasteiger partial charge in [-0.15, -0.1) is 15.3 Å². The van der Waals surface area contributed by atoms with Gasteiger partial charge in [-0.1, -0.05) is 45.5 Å². The number of carbonyl (C=O) groups excluding carboxylic acids is 6. The van der Waals surface area contributed by atoms with E-state index < -0.39 is 12.1 Å². The SMILES string of the molecule is C=C(C)C(=O)OCC(O)Cn1ccnc1.C=C(C)C(=O)OCCCc1ccc(=O)[nH]c1.C=C(C)C(=O)OCCCn1[nH]c(=S)nc1C.C=C(C)C(=O)OCCCn1nc(C)nc1C.C=C(C)C(=O)OCCCn1nnc(C)n1.C=C(C)C(=O)OCCCn1nnnc1C. The summed E-state index contributed by atoms with van der Waals surface area (Å²) in [6, 6.07) is 3.24. The first-order chi connectivity index (χ1) is 43.9. The number of nitrogens with one attached hydrogen (secondary N) is 2. The number of aryl methyl sites for hydroxylation is 10. The molecule has 1 unspecified atom stereocenters. The number of carbonyl (C=O) groups is 6. The lowest BCUT2D eigenvalue weighted by Crippen LogP contribution is -2.23. The predicted molar refractivity (Wildman–Crippen MR) is 343 cm³/mol. The van der Waals surface area contributed by atoms with Crippen LogP contribution in [0.2, 0.25) is 0 Å². The van der Waals surface area contributed by atoms with E-state index in [0.717, 1.165) is 48.1 Å². The second-order valence-corrected chi connectivity index (χ2v) is 20.9. The van der Waals surface area contributed by atoms with Crippen LogP contribution in [0.25, 0.3) is 0 Å². The fourth-order valence-corrected chi connectivity index (χ4v) is 6.69. The lowest BCUT2D eigenvalue weighted by atomic mass is 10.2. The molecule has 0 spiro atoms. The summed E-state index contributed by atoms with van der Waals surface area (Å²) in [4.78, 5) is 93.1. The van der Waals surface area contributed by atoms with E-state index >= 15 is 0 Å². The van der Waals surface area contributed by atoms with Crippen LogP contribution >= 0.6 is 12.2 Å². The number of nitrogens with zero attached hydrogens (tertiary/aromatic N) is 15. The average Bonchev–Trinajstić information content (AvgIpc) is 2.09. The normalized spacial score (nSPS) is 10.4. The van der Waals surface area contributed by atoms with Crippen molar-refractivity contribution in [3.8, 4) is 0 Å². The maximum Gasteiger partial charge on any atom is 0.333 e. The predicted octanol–water partition coefficient (Wildman–Crippen LogP) is 5.93. The number of imidazole rings is 1. The van der Waals surface area contributed by atoms with Crippen LogP contribution in [0.5, 0.6) is 0 Å². The van der Waals surface area contributed by atoms with Gasteiger partial charge >= 0.3 is 35.8 Å². The van der Waals surface area contributed by atoms with Gasteiger partial charge in [-0.3, -0.25) is 14.6 Å². The number of hydrogen-bond donors (Lipinski definition) is 3. The number of aliphatic hydroxyl groups is 1. The summed E-state index contributed by atoms with van der Waals surface area (Å²) in [6.45, 7) is 44.5. The van der Waals surface area contributed by atoms with E-state index in [1.807, 2.05) is 37.1 Å². The summed E-state index contributed by atoms with van der Waals surface area (Å²) in [6.07, 6.45) is 10.1. The van der Waals surface area contributed by atoms with Crippen molar-refractivity contribution in [1.29, 1.82) is 0 Å². The molecule has 6 heterocycles. The second-order valence-electron chi connectivity index (χ2n) is 20.5. The minimum atomic E-state index is -0.734. The van der Waals surface area contributed by atoms with E-state index in [1.165, 1.54) is 10.9 Å². The molecule has 31 nitrogen and oxygen atoms in total. The van der Waals surface area contributed by atoms with Crippen LogP contribution in [0.15, 0.2) is 115 Å². The minimum Gasteiger partial charge on any atom is -0.462 e. The zero-order chi connectivity index (χ0) is 70.0. The third kappa shape index (κ3) is 37.7. The van der Waals surface area contributed by atoms with Crippen molar-refractivity contribution in [2.24, 2.45) is 0 Å². The molecular formula is C61H89N17O14S. The van der Waals surface area contributed by atoms with Crippen LogP contribution in [-0.2, 0) is 96.3 Å². The van der Waals surface area contributed by atoms with E-state index in [2.05, 4.69) is 101 Å². The summed E-state index contributed by atoms with van der Waals surface area (Å²) < 4.78 is 37.0.